The van der Waals surface area contributed by atoms with Crippen LogP contribution in [0.15, 0.2) is 0 Å². The molecule has 0 spiro atoms. The third-order valence-corrected chi connectivity index (χ3v) is 4.09. The maximum atomic E-state index is 12.4. The lowest BCUT2D eigenvalue weighted by Gasteiger charge is -2.31. The minimum Gasteiger partial charge on any atom is -0.442 e. The molecule has 0 unspecified atom stereocenters. The molecule has 2 aliphatic heterocycles. The SMILES string of the molecule is CN(NC(=O)[C@@H]1CC[C@@H]2CN1C(=O)N2OS(=O)(=O)O)C(=O)OC(C)(C)C. The Bertz CT molecular complexity index is 703. The van der Waals surface area contributed by atoms with Crippen LogP contribution in [-0.4, -0.2) is 77.3 Å². The van der Waals surface area contributed by atoms with Crippen LogP contribution in [0.2, 0.25) is 0 Å². The Kier molecular flexibility index (Phi) is 5.35. The normalized spacial score (nSPS) is 23.0. The van der Waals surface area contributed by atoms with Gasteiger partial charge in [0, 0.05) is 13.6 Å². The van der Waals surface area contributed by atoms with E-state index in [9.17, 15) is 22.8 Å². The van der Waals surface area contributed by atoms with Crippen molar-refractivity contribution < 1.29 is 36.4 Å². The molecule has 2 atom stereocenters. The zero-order chi connectivity index (χ0) is 19.9. The molecular weight excluding hydrogens is 372 g/mol. The van der Waals surface area contributed by atoms with Crippen molar-refractivity contribution in [1.29, 1.82) is 0 Å². The molecule has 0 aliphatic carbocycles. The van der Waals surface area contributed by atoms with Crippen molar-refractivity contribution in [3.63, 3.8) is 0 Å². The quantitative estimate of drug-likeness (QED) is 0.498. The largest absolute Gasteiger partial charge is 0.442 e. The summed E-state index contributed by atoms with van der Waals surface area (Å²) in [5, 5.41) is 1.41. The third-order valence-electron chi connectivity index (χ3n) is 3.75. The summed E-state index contributed by atoms with van der Waals surface area (Å²) in [6.45, 7) is 5.08. The van der Waals surface area contributed by atoms with E-state index in [1.54, 1.807) is 20.8 Å². The zero-order valence-electron chi connectivity index (χ0n) is 14.8. The first kappa shape index (κ1) is 20.2. The summed E-state index contributed by atoms with van der Waals surface area (Å²) in [4.78, 5) is 37.7. The summed E-state index contributed by atoms with van der Waals surface area (Å²) < 4.78 is 39.9. The first-order valence-corrected chi connectivity index (χ1v) is 9.19. The molecule has 148 valence electrons. The smallest absolute Gasteiger partial charge is 0.428 e. The van der Waals surface area contributed by atoms with Crippen molar-refractivity contribution in [3.05, 3.63) is 0 Å². The number of nitrogens with zero attached hydrogens (tertiary/aromatic N) is 3. The Hall–Kier alpha value is -2.12. The molecule has 2 aliphatic rings. The maximum Gasteiger partial charge on any atom is 0.428 e. The first-order chi connectivity index (χ1) is 11.8. The number of urea groups is 1. The lowest BCUT2D eigenvalue weighted by atomic mass is 10.0. The zero-order valence-corrected chi connectivity index (χ0v) is 15.6. The van der Waals surface area contributed by atoms with Gasteiger partial charge in [0.15, 0.2) is 0 Å². The van der Waals surface area contributed by atoms with Gasteiger partial charge in [-0.25, -0.2) is 14.6 Å². The number of hydrogen-bond acceptors (Lipinski definition) is 7. The van der Waals surface area contributed by atoms with Gasteiger partial charge in [0.1, 0.15) is 11.6 Å². The van der Waals surface area contributed by atoms with Gasteiger partial charge >= 0.3 is 22.5 Å². The lowest BCUT2D eigenvalue weighted by molar-refractivity contribution is -0.130. The highest BCUT2D eigenvalue weighted by molar-refractivity contribution is 7.80. The minimum atomic E-state index is -4.86. The van der Waals surface area contributed by atoms with Gasteiger partial charge in [0.25, 0.3) is 5.91 Å². The van der Waals surface area contributed by atoms with Crippen molar-refractivity contribution in [1.82, 2.24) is 20.4 Å². The van der Waals surface area contributed by atoms with Crippen molar-refractivity contribution in [2.45, 2.75) is 51.3 Å². The Balaban J connectivity index is 2.01. The number of rotatable bonds is 3. The molecule has 12 nitrogen and oxygen atoms in total. The number of fused-ring (bicyclic) bond motifs is 2. The van der Waals surface area contributed by atoms with Crippen LogP contribution in [0.1, 0.15) is 33.6 Å². The Morgan fingerprint density at radius 2 is 1.92 bits per heavy atom. The van der Waals surface area contributed by atoms with E-state index in [2.05, 4.69) is 9.71 Å². The van der Waals surface area contributed by atoms with E-state index in [1.807, 2.05) is 0 Å². The second-order valence-corrected chi connectivity index (χ2v) is 8.03. The second kappa shape index (κ2) is 6.89. The van der Waals surface area contributed by atoms with Crippen LogP contribution in [0.25, 0.3) is 0 Å². The molecule has 0 radical (unpaired) electrons. The van der Waals surface area contributed by atoms with E-state index < -0.39 is 46.1 Å². The number of carbonyl (C=O) groups is 3. The molecule has 2 rings (SSSR count). The van der Waals surface area contributed by atoms with Gasteiger partial charge in [-0.1, -0.05) is 0 Å². The molecule has 0 aromatic rings. The predicted octanol–water partition coefficient (Wildman–Crippen LogP) is -0.112. The number of carbonyl (C=O) groups excluding carboxylic acids is 3. The third kappa shape index (κ3) is 4.74. The van der Waals surface area contributed by atoms with Gasteiger partial charge in [-0.15, -0.1) is 4.28 Å². The lowest BCUT2D eigenvalue weighted by Crippen LogP contribution is -2.55. The molecule has 2 heterocycles. The summed E-state index contributed by atoms with van der Waals surface area (Å²) in [7, 11) is -3.55. The average molecular weight is 394 g/mol. The molecule has 0 saturated carbocycles. The van der Waals surface area contributed by atoms with Gasteiger partial charge in [-0.05, 0) is 33.6 Å². The van der Waals surface area contributed by atoms with E-state index in [0.29, 0.717) is 5.06 Å². The van der Waals surface area contributed by atoms with Crippen molar-refractivity contribution >= 4 is 28.4 Å². The van der Waals surface area contributed by atoms with E-state index in [0.717, 1.165) is 9.91 Å². The van der Waals surface area contributed by atoms with Gasteiger partial charge in [-0.3, -0.25) is 14.8 Å². The van der Waals surface area contributed by atoms with Crippen LogP contribution < -0.4 is 5.43 Å². The molecule has 4 amide bonds. The molecular formula is C13H22N4O8S. The van der Waals surface area contributed by atoms with Crippen LogP contribution in [0.3, 0.4) is 0 Å². The number of ether oxygens (including phenoxy) is 1. The van der Waals surface area contributed by atoms with Crippen molar-refractivity contribution in [2.24, 2.45) is 0 Å². The van der Waals surface area contributed by atoms with E-state index in [1.165, 1.54) is 7.05 Å². The Morgan fingerprint density at radius 3 is 2.46 bits per heavy atom. The van der Waals surface area contributed by atoms with Crippen LogP contribution in [0.5, 0.6) is 0 Å². The Morgan fingerprint density at radius 1 is 1.31 bits per heavy atom. The monoisotopic (exact) mass is 394 g/mol. The summed E-state index contributed by atoms with van der Waals surface area (Å²) in [5.41, 5.74) is 1.59. The fraction of sp³-hybridized carbons (Fsp3) is 0.769. The molecule has 0 aromatic carbocycles. The number of hydrogen-bond donors (Lipinski definition) is 2. The van der Waals surface area contributed by atoms with E-state index >= 15 is 0 Å². The number of nitrogens with one attached hydrogen (secondary N) is 1. The molecule has 2 fully saturated rings. The first-order valence-electron chi connectivity index (χ1n) is 7.82. The average Bonchev–Trinajstić information content (AvgIpc) is 2.69. The standard InChI is InChI=1S/C13H22N4O8S/c1-13(2,3)24-12(20)15(4)14-10(18)9-6-5-8-7-16(9)11(19)17(8)25-26(21,22)23/h8-9H,5-7H2,1-4H3,(H,14,18)(H,21,22,23)/t8-,9+/m1/s1. The van der Waals surface area contributed by atoms with Gasteiger partial charge in [0.05, 0.1) is 6.04 Å². The van der Waals surface area contributed by atoms with Crippen LogP contribution in [0, 0.1) is 0 Å². The number of hydroxylamine groups is 2. The van der Waals surface area contributed by atoms with E-state index in [-0.39, 0.29) is 19.4 Å². The summed E-state index contributed by atoms with van der Waals surface area (Å²) >= 11 is 0. The molecule has 2 N–H and O–H groups in total. The highest BCUT2D eigenvalue weighted by Crippen LogP contribution is 2.30. The predicted molar refractivity (Wildman–Crippen MR) is 85.5 cm³/mol. The van der Waals surface area contributed by atoms with Crippen LogP contribution in [0.4, 0.5) is 9.59 Å². The molecule has 13 heteroatoms. The fourth-order valence-electron chi connectivity index (χ4n) is 2.72. The molecule has 2 bridgehead atoms. The molecule has 2 saturated heterocycles. The van der Waals surface area contributed by atoms with Gasteiger partial charge in [0.2, 0.25) is 0 Å². The van der Waals surface area contributed by atoms with Crippen molar-refractivity contribution in [3.8, 4) is 0 Å². The number of hydrazine groups is 1. The minimum absolute atomic E-state index is 0.0581. The topological polar surface area (TPSA) is 146 Å². The fourth-order valence-corrected chi connectivity index (χ4v) is 3.11. The Labute approximate surface area is 150 Å². The summed E-state index contributed by atoms with van der Waals surface area (Å²) in [6.07, 6.45) is -0.259. The molecule has 0 aromatic heterocycles. The van der Waals surface area contributed by atoms with Crippen molar-refractivity contribution in [2.75, 3.05) is 13.6 Å². The van der Waals surface area contributed by atoms with Crippen LogP contribution >= 0.6 is 0 Å². The summed E-state index contributed by atoms with van der Waals surface area (Å²) in [5.74, 6) is -0.626. The maximum absolute atomic E-state index is 12.4. The van der Waals surface area contributed by atoms with Crippen LogP contribution in [-0.2, 0) is 24.2 Å². The number of piperidine rings is 1. The van der Waals surface area contributed by atoms with E-state index in [4.69, 9.17) is 9.29 Å². The highest BCUT2D eigenvalue weighted by Gasteiger charge is 2.49. The van der Waals surface area contributed by atoms with Gasteiger partial charge < -0.3 is 9.64 Å². The highest BCUT2D eigenvalue weighted by atomic mass is 32.3. The number of amides is 4. The summed E-state index contributed by atoms with van der Waals surface area (Å²) in [6, 6.07) is -2.37. The second-order valence-electron chi connectivity index (χ2n) is 7.03. The molecule has 26 heavy (non-hydrogen) atoms. The van der Waals surface area contributed by atoms with Gasteiger partial charge in [-0.2, -0.15) is 13.5 Å².